The molecule has 0 radical (unpaired) electrons. The second-order valence-corrected chi connectivity index (χ2v) is 12.2. The van der Waals surface area contributed by atoms with Gasteiger partial charge in [0, 0.05) is 0 Å². The average molecular weight is 375 g/mol. The molecule has 1 N–H and O–H groups in total. The molecule has 0 saturated heterocycles. The fraction of sp³-hybridized carbons (Fsp3) is 1.00. The summed E-state index contributed by atoms with van der Waals surface area (Å²) in [6, 6.07) is 0. The van der Waals surface area contributed by atoms with Crippen molar-refractivity contribution in [1.82, 2.24) is 0 Å². The fourth-order valence-electron chi connectivity index (χ4n) is 8.61. The first-order valence-electron chi connectivity index (χ1n) is 12.5. The van der Waals surface area contributed by atoms with Crippen LogP contribution in [0.3, 0.4) is 0 Å². The lowest BCUT2D eigenvalue weighted by Crippen LogP contribution is -2.50. The summed E-state index contributed by atoms with van der Waals surface area (Å²) >= 11 is 0. The standard InChI is InChI=1S/C26H46O/c1-18(2)7-5-6-8-20-10-12-24-23-11-9-19-17-25(3,27)15-13-21(19)22(23)14-16-26(20,24)4/h18-24,27H,5-17H2,1-4H3/t19?,20-,21-,22?,23?,24?,25-,26?/m0/s1. The highest BCUT2D eigenvalue weighted by Crippen LogP contribution is 2.65. The van der Waals surface area contributed by atoms with Crippen molar-refractivity contribution < 1.29 is 5.11 Å². The predicted molar refractivity (Wildman–Crippen MR) is 115 cm³/mol. The van der Waals surface area contributed by atoms with E-state index >= 15 is 0 Å². The first-order valence-corrected chi connectivity index (χ1v) is 12.5. The van der Waals surface area contributed by atoms with Crippen LogP contribution >= 0.6 is 0 Å². The minimum absolute atomic E-state index is 0.369. The minimum atomic E-state index is -0.369. The van der Waals surface area contributed by atoms with Gasteiger partial charge in [0.1, 0.15) is 0 Å². The third kappa shape index (κ3) is 3.88. The van der Waals surface area contributed by atoms with Gasteiger partial charge in [-0.2, -0.15) is 0 Å². The first-order chi connectivity index (χ1) is 12.8. The SMILES string of the molecule is CC(C)CCCC[C@H]1CCC2C3CCC4C[C@@](C)(O)CC[C@@H]4C3CCC21C. The molecule has 0 aliphatic heterocycles. The largest absolute Gasteiger partial charge is 0.390 e. The van der Waals surface area contributed by atoms with Crippen LogP contribution in [0.15, 0.2) is 0 Å². The highest BCUT2D eigenvalue weighted by atomic mass is 16.3. The van der Waals surface area contributed by atoms with E-state index in [0.29, 0.717) is 5.41 Å². The molecule has 4 aliphatic rings. The smallest absolute Gasteiger partial charge is 0.0622 e. The van der Waals surface area contributed by atoms with Crippen molar-refractivity contribution in [2.45, 2.75) is 117 Å². The van der Waals surface area contributed by atoms with E-state index < -0.39 is 0 Å². The van der Waals surface area contributed by atoms with E-state index in [4.69, 9.17) is 0 Å². The third-order valence-electron chi connectivity index (χ3n) is 10.0. The van der Waals surface area contributed by atoms with Gasteiger partial charge in [-0.05, 0) is 118 Å². The molecule has 4 saturated carbocycles. The molecule has 0 aromatic heterocycles. The Bertz CT molecular complexity index is 508. The fourth-order valence-corrected chi connectivity index (χ4v) is 8.61. The zero-order valence-corrected chi connectivity index (χ0v) is 18.7. The number of unbranched alkanes of at least 4 members (excludes halogenated alkanes) is 1. The highest BCUT2D eigenvalue weighted by Gasteiger charge is 2.57. The molecule has 4 rings (SSSR count). The van der Waals surface area contributed by atoms with Crippen molar-refractivity contribution in [3.63, 3.8) is 0 Å². The average Bonchev–Trinajstić information content (AvgIpc) is 2.94. The molecule has 27 heavy (non-hydrogen) atoms. The van der Waals surface area contributed by atoms with Crippen LogP contribution in [0.1, 0.15) is 111 Å². The number of aliphatic hydroxyl groups is 1. The van der Waals surface area contributed by atoms with Crippen molar-refractivity contribution >= 4 is 0 Å². The number of hydrogen-bond acceptors (Lipinski definition) is 1. The van der Waals surface area contributed by atoms with Gasteiger partial charge in [-0.15, -0.1) is 0 Å². The second-order valence-electron chi connectivity index (χ2n) is 12.2. The summed E-state index contributed by atoms with van der Waals surface area (Å²) in [5.74, 6) is 6.70. The lowest BCUT2D eigenvalue weighted by molar-refractivity contribution is -0.1000. The summed E-state index contributed by atoms with van der Waals surface area (Å²) < 4.78 is 0. The maximum Gasteiger partial charge on any atom is 0.0622 e. The normalized spacial score (nSPS) is 49.6. The van der Waals surface area contributed by atoms with Crippen LogP contribution < -0.4 is 0 Å². The van der Waals surface area contributed by atoms with Gasteiger partial charge in [0.15, 0.2) is 0 Å². The topological polar surface area (TPSA) is 20.2 Å². The van der Waals surface area contributed by atoms with Crippen LogP contribution in [0, 0.1) is 46.8 Å². The molecule has 5 unspecified atom stereocenters. The summed E-state index contributed by atoms with van der Waals surface area (Å²) in [6.45, 7) is 9.53. The molecular formula is C26H46O. The predicted octanol–water partition coefficient (Wildman–Crippen LogP) is 7.22. The van der Waals surface area contributed by atoms with Gasteiger partial charge >= 0.3 is 0 Å². The molecule has 8 atom stereocenters. The van der Waals surface area contributed by atoms with Gasteiger partial charge in [0.2, 0.25) is 0 Å². The van der Waals surface area contributed by atoms with Gasteiger partial charge in [0.25, 0.3) is 0 Å². The quantitative estimate of drug-likeness (QED) is 0.503. The maximum atomic E-state index is 10.6. The first kappa shape index (κ1) is 20.2. The van der Waals surface area contributed by atoms with Crippen LogP contribution in [-0.2, 0) is 0 Å². The number of rotatable bonds is 5. The van der Waals surface area contributed by atoms with Crippen molar-refractivity contribution in [1.29, 1.82) is 0 Å². The van der Waals surface area contributed by atoms with E-state index in [0.717, 1.165) is 54.3 Å². The van der Waals surface area contributed by atoms with E-state index in [1.54, 1.807) is 0 Å². The Labute approximate surface area is 169 Å². The Morgan fingerprint density at radius 2 is 1.63 bits per heavy atom. The van der Waals surface area contributed by atoms with E-state index in [9.17, 15) is 5.11 Å². The Kier molecular flexibility index (Phi) is 5.74. The molecule has 0 aromatic rings. The lowest BCUT2D eigenvalue weighted by atomic mass is 9.49. The van der Waals surface area contributed by atoms with Gasteiger partial charge in [-0.3, -0.25) is 0 Å². The van der Waals surface area contributed by atoms with Crippen molar-refractivity contribution in [2.75, 3.05) is 0 Å². The minimum Gasteiger partial charge on any atom is -0.390 e. The van der Waals surface area contributed by atoms with E-state index in [1.807, 2.05) is 0 Å². The Morgan fingerprint density at radius 1 is 0.852 bits per heavy atom. The van der Waals surface area contributed by atoms with E-state index in [1.165, 1.54) is 70.6 Å². The molecule has 1 nitrogen and oxygen atoms in total. The molecule has 0 amide bonds. The molecule has 0 aromatic carbocycles. The summed E-state index contributed by atoms with van der Waals surface area (Å²) in [5, 5.41) is 10.6. The maximum absolute atomic E-state index is 10.6. The van der Waals surface area contributed by atoms with Gasteiger partial charge in [-0.1, -0.05) is 40.0 Å². The van der Waals surface area contributed by atoms with E-state index in [2.05, 4.69) is 27.7 Å². The van der Waals surface area contributed by atoms with E-state index in [-0.39, 0.29) is 5.60 Å². The van der Waals surface area contributed by atoms with Gasteiger partial charge in [0.05, 0.1) is 5.60 Å². The number of hydrogen-bond donors (Lipinski definition) is 1. The highest BCUT2D eigenvalue weighted by molar-refractivity contribution is 5.06. The van der Waals surface area contributed by atoms with Gasteiger partial charge < -0.3 is 5.11 Å². The lowest BCUT2D eigenvalue weighted by Gasteiger charge is -2.57. The Hall–Kier alpha value is -0.0400. The molecular weight excluding hydrogens is 328 g/mol. The van der Waals surface area contributed by atoms with Crippen LogP contribution in [0.25, 0.3) is 0 Å². The van der Waals surface area contributed by atoms with Crippen molar-refractivity contribution in [3.8, 4) is 0 Å². The number of fused-ring (bicyclic) bond motifs is 5. The zero-order valence-electron chi connectivity index (χ0n) is 18.7. The summed E-state index contributed by atoms with van der Waals surface area (Å²) in [5.41, 5.74) is 0.289. The van der Waals surface area contributed by atoms with Crippen LogP contribution in [0.5, 0.6) is 0 Å². The molecule has 0 bridgehead atoms. The van der Waals surface area contributed by atoms with Gasteiger partial charge in [-0.25, -0.2) is 0 Å². The van der Waals surface area contributed by atoms with Crippen molar-refractivity contribution in [3.05, 3.63) is 0 Å². The molecule has 0 heterocycles. The zero-order chi connectivity index (χ0) is 19.2. The molecule has 4 fully saturated rings. The summed E-state index contributed by atoms with van der Waals surface area (Å²) in [4.78, 5) is 0. The second kappa shape index (κ2) is 7.66. The summed E-state index contributed by atoms with van der Waals surface area (Å²) in [6.07, 6.45) is 18.2. The molecule has 0 spiro atoms. The van der Waals surface area contributed by atoms with Crippen LogP contribution in [0.2, 0.25) is 0 Å². The molecule has 4 aliphatic carbocycles. The molecule has 156 valence electrons. The Balaban J connectivity index is 1.39. The Morgan fingerprint density at radius 3 is 2.41 bits per heavy atom. The van der Waals surface area contributed by atoms with Crippen molar-refractivity contribution in [2.24, 2.45) is 46.8 Å². The molecule has 1 heteroatoms. The van der Waals surface area contributed by atoms with Crippen LogP contribution in [0.4, 0.5) is 0 Å². The third-order valence-corrected chi connectivity index (χ3v) is 10.0. The monoisotopic (exact) mass is 374 g/mol. The summed E-state index contributed by atoms with van der Waals surface area (Å²) in [7, 11) is 0. The van der Waals surface area contributed by atoms with Crippen LogP contribution in [-0.4, -0.2) is 10.7 Å².